The van der Waals surface area contributed by atoms with E-state index in [2.05, 4.69) is 34.6 Å². The zero-order valence-corrected chi connectivity index (χ0v) is 77.0. The van der Waals surface area contributed by atoms with Gasteiger partial charge >= 0.3 is 39.5 Å². The molecular weight excluding hydrogens is 1470 g/mol. The average Bonchev–Trinajstić information content (AvgIpc) is 0.870. The van der Waals surface area contributed by atoms with Crippen LogP contribution in [0.25, 0.3) is 0 Å². The Morgan fingerprint density at radius 2 is 0.421 bits per heavy atom. The first-order chi connectivity index (χ1) is 55.6. The number of phosphoric ester groups is 2. The van der Waals surface area contributed by atoms with E-state index in [0.717, 1.165) is 102 Å². The van der Waals surface area contributed by atoms with Crippen molar-refractivity contribution in [1.82, 2.24) is 0 Å². The number of rotatable bonds is 95. The van der Waals surface area contributed by atoms with E-state index >= 15 is 0 Å². The van der Waals surface area contributed by atoms with E-state index in [9.17, 15) is 43.2 Å². The van der Waals surface area contributed by atoms with Crippen LogP contribution in [-0.2, 0) is 65.4 Å². The molecule has 0 amide bonds. The summed E-state index contributed by atoms with van der Waals surface area (Å²) in [5, 5.41) is 10.7. The Labute approximate surface area is 702 Å². The van der Waals surface area contributed by atoms with Gasteiger partial charge in [-0.1, -0.05) is 471 Å². The van der Waals surface area contributed by atoms with E-state index in [4.69, 9.17) is 37.0 Å². The van der Waals surface area contributed by atoms with Crippen LogP contribution < -0.4 is 0 Å². The number of ether oxygens (including phenoxy) is 4. The number of phosphoric acid groups is 2. The number of hydrogen-bond donors (Lipinski definition) is 3. The maximum atomic E-state index is 13.2. The van der Waals surface area contributed by atoms with Gasteiger partial charge in [0.2, 0.25) is 0 Å². The molecule has 0 aromatic carbocycles. The van der Waals surface area contributed by atoms with Crippen LogP contribution in [0.2, 0.25) is 0 Å². The molecular formula is C95H186O17P2. The molecule has 0 fully saturated rings. The van der Waals surface area contributed by atoms with E-state index in [1.807, 2.05) is 0 Å². The molecule has 0 aliphatic heterocycles. The van der Waals surface area contributed by atoms with Crippen molar-refractivity contribution in [3.05, 3.63) is 0 Å². The summed E-state index contributed by atoms with van der Waals surface area (Å²) in [6.45, 7) is 7.37. The van der Waals surface area contributed by atoms with Gasteiger partial charge in [0.1, 0.15) is 19.3 Å². The molecule has 0 spiro atoms. The first-order valence-corrected chi connectivity index (χ1v) is 52.2. The molecule has 0 bridgehead atoms. The number of esters is 4. The molecule has 17 nitrogen and oxygen atoms in total. The molecule has 678 valence electrons. The van der Waals surface area contributed by atoms with E-state index in [1.165, 1.54) is 340 Å². The molecule has 0 saturated heterocycles. The van der Waals surface area contributed by atoms with Gasteiger partial charge < -0.3 is 33.8 Å². The van der Waals surface area contributed by atoms with Gasteiger partial charge in [-0.3, -0.25) is 37.3 Å². The normalized spacial score (nSPS) is 13.9. The number of aliphatic hydroxyl groups excluding tert-OH is 1. The molecule has 0 aromatic heterocycles. The van der Waals surface area contributed by atoms with Crippen molar-refractivity contribution in [2.45, 2.75) is 541 Å². The highest BCUT2D eigenvalue weighted by atomic mass is 31.2. The molecule has 0 rings (SSSR count). The van der Waals surface area contributed by atoms with Crippen LogP contribution in [-0.4, -0.2) is 96.7 Å². The fourth-order valence-electron chi connectivity index (χ4n) is 15.0. The first-order valence-electron chi connectivity index (χ1n) is 49.2. The van der Waals surface area contributed by atoms with Gasteiger partial charge in [-0.15, -0.1) is 0 Å². The minimum Gasteiger partial charge on any atom is -0.462 e. The second-order valence-corrected chi connectivity index (χ2v) is 37.3. The van der Waals surface area contributed by atoms with E-state index in [-0.39, 0.29) is 25.7 Å². The van der Waals surface area contributed by atoms with Gasteiger partial charge in [0.05, 0.1) is 26.4 Å². The summed E-state index contributed by atoms with van der Waals surface area (Å²) in [4.78, 5) is 73.5. The standard InChI is InChI=1S/C95H186O17P2/c1-6-10-13-16-19-22-25-28-31-34-37-40-43-46-49-52-55-58-61-63-70-75-80-94(99)111-90(84-105-92(97)78-73-68-62-59-56-53-50-47-44-41-38-35-32-29-26-23-20-17-14-11-7-2)86-109-113(101,102)107-82-89(96)83-108-114(103,104)110-87-91(85-106-93(98)79-74-69-66-65-67-72-77-88(5)9-4)112-95(100)81-76-71-64-60-57-54-51-48-45-42-39-36-33-30-27-24-21-18-15-12-8-3/h88-91,96H,6-87H2,1-5H3,(H,101,102)(H,103,104)/t88?,89-,90-,91-/m1/s1. The zero-order valence-electron chi connectivity index (χ0n) is 75.2. The molecule has 0 aromatic rings. The molecule has 0 radical (unpaired) electrons. The molecule has 3 unspecified atom stereocenters. The molecule has 0 saturated carbocycles. The third kappa shape index (κ3) is 86.4. The zero-order chi connectivity index (χ0) is 83.3. The Hall–Kier alpha value is -1.94. The fourth-order valence-corrected chi connectivity index (χ4v) is 16.6. The predicted octanol–water partition coefficient (Wildman–Crippen LogP) is 29.9. The fraction of sp³-hybridized carbons (Fsp3) is 0.958. The van der Waals surface area contributed by atoms with Crippen molar-refractivity contribution < 1.29 is 80.2 Å². The monoisotopic (exact) mass is 1660 g/mol. The highest BCUT2D eigenvalue weighted by molar-refractivity contribution is 7.47. The van der Waals surface area contributed by atoms with Crippen LogP contribution in [0.4, 0.5) is 0 Å². The maximum absolute atomic E-state index is 13.2. The van der Waals surface area contributed by atoms with Crippen molar-refractivity contribution in [3.63, 3.8) is 0 Å². The van der Waals surface area contributed by atoms with Crippen LogP contribution in [0.15, 0.2) is 0 Å². The summed E-state index contributed by atoms with van der Waals surface area (Å²) in [6.07, 6.45) is 85.2. The first kappa shape index (κ1) is 112. The van der Waals surface area contributed by atoms with Gasteiger partial charge in [0.25, 0.3) is 0 Å². The largest absolute Gasteiger partial charge is 0.472 e. The summed E-state index contributed by atoms with van der Waals surface area (Å²) in [7, 11) is -9.94. The predicted molar refractivity (Wildman–Crippen MR) is 474 cm³/mol. The van der Waals surface area contributed by atoms with Gasteiger partial charge in [-0.05, 0) is 31.6 Å². The van der Waals surface area contributed by atoms with E-state index in [0.29, 0.717) is 25.7 Å². The van der Waals surface area contributed by atoms with Crippen molar-refractivity contribution in [2.75, 3.05) is 39.6 Å². The van der Waals surface area contributed by atoms with Crippen molar-refractivity contribution >= 4 is 39.5 Å². The molecule has 3 N–H and O–H groups in total. The highest BCUT2D eigenvalue weighted by Gasteiger charge is 2.31. The Balaban J connectivity index is 5.20. The van der Waals surface area contributed by atoms with Crippen LogP contribution in [0.5, 0.6) is 0 Å². The molecule has 0 aliphatic carbocycles. The van der Waals surface area contributed by atoms with Crippen LogP contribution in [0, 0.1) is 5.92 Å². The molecule has 114 heavy (non-hydrogen) atoms. The SMILES string of the molecule is CCCCCCCCCCCCCCCCCCCCCCCCC(=O)O[C@H](COC(=O)CCCCCCCCCCCCCCCCCCCCCCC)COP(=O)(O)OC[C@@H](O)COP(=O)(O)OC[C@@H](COC(=O)CCCCCCCCC(C)CC)OC(=O)CCCCCCCCCCCCCCCCCCCCCCC. The summed E-state index contributed by atoms with van der Waals surface area (Å²) in [6, 6.07) is 0. The van der Waals surface area contributed by atoms with Crippen molar-refractivity contribution in [1.29, 1.82) is 0 Å². The quantitative estimate of drug-likeness (QED) is 0.0222. The third-order valence-corrected chi connectivity index (χ3v) is 24.8. The Morgan fingerprint density at radius 1 is 0.246 bits per heavy atom. The summed E-state index contributed by atoms with van der Waals surface area (Å²) < 4.78 is 69.2. The Morgan fingerprint density at radius 3 is 0.623 bits per heavy atom. The smallest absolute Gasteiger partial charge is 0.462 e. The maximum Gasteiger partial charge on any atom is 0.472 e. The minimum atomic E-state index is -4.97. The second kappa shape index (κ2) is 87.4. The second-order valence-electron chi connectivity index (χ2n) is 34.4. The number of aliphatic hydroxyl groups is 1. The van der Waals surface area contributed by atoms with Crippen molar-refractivity contribution in [2.24, 2.45) is 5.92 Å². The van der Waals surface area contributed by atoms with Crippen LogP contribution >= 0.6 is 15.6 Å². The lowest BCUT2D eigenvalue weighted by molar-refractivity contribution is -0.161. The Bertz CT molecular complexity index is 2150. The number of hydrogen-bond acceptors (Lipinski definition) is 15. The lowest BCUT2D eigenvalue weighted by Gasteiger charge is -2.21. The lowest BCUT2D eigenvalue weighted by Crippen LogP contribution is -2.30. The Kier molecular flexibility index (Phi) is 85.9. The molecule has 6 atom stereocenters. The van der Waals surface area contributed by atoms with Gasteiger partial charge in [0, 0.05) is 25.7 Å². The van der Waals surface area contributed by atoms with Crippen LogP contribution in [0.3, 0.4) is 0 Å². The molecule has 0 aliphatic rings. The van der Waals surface area contributed by atoms with E-state index < -0.39 is 97.5 Å². The number of carbonyl (C=O) groups excluding carboxylic acids is 4. The average molecular weight is 1660 g/mol. The number of carbonyl (C=O) groups is 4. The van der Waals surface area contributed by atoms with Crippen LogP contribution in [0.1, 0.15) is 523 Å². The summed E-state index contributed by atoms with van der Waals surface area (Å²) in [5.41, 5.74) is 0. The number of unbranched alkanes of at least 4 members (excludes halogenated alkanes) is 66. The lowest BCUT2D eigenvalue weighted by atomic mass is 10.00. The minimum absolute atomic E-state index is 0.109. The molecule has 19 heteroatoms. The van der Waals surface area contributed by atoms with Crippen molar-refractivity contribution in [3.8, 4) is 0 Å². The van der Waals surface area contributed by atoms with Gasteiger partial charge in [0.15, 0.2) is 12.2 Å². The summed E-state index contributed by atoms with van der Waals surface area (Å²) >= 11 is 0. The van der Waals surface area contributed by atoms with E-state index in [1.54, 1.807) is 0 Å². The van der Waals surface area contributed by atoms with Gasteiger partial charge in [-0.2, -0.15) is 0 Å². The highest BCUT2D eigenvalue weighted by Crippen LogP contribution is 2.45. The topological polar surface area (TPSA) is 237 Å². The summed E-state index contributed by atoms with van der Waals surface area (Å²) in [5.74, 6) is -1.36. The molecule has 0 heterocycles. The van der Waals surface area contributed by atoms with Gasteiger partial charge in [-0.25, -0.2) is 9.13 Å². The third-order valence-electron chi connectivity index (χ3n) is 22.9.